The minimum Gasteiger partial charge on any atom is -0.317 e. The Hall–Kier alpha value is -2.38. The number of benzene rings is 1. The standard InChI is InChI=1S/C10H5F4N3O/c11-5-1-6(12)8(14)9(7(5)13)17-10(18)4-2-15-16-3-4/h1-3H,(H,15,16)(H,17,18). The van der Waals surface area contributed by atoms with E-state index >= 15 is 0 Å². The Morgan fingerprint density at radius 1 is 1.17 bits per heavy atom. The van der Waals surface area contributed by atoms with Gasteiger partial charge in [0.05, 0.1) is 11.8 Å². The van der Waals surface area contributed by atoms with Gasteiger partial charge in [-0.15, -0.1) is 0 Å². The average Bonchev–Trinajstić information content (AvgIpc) is 2.85. The first-order valence-corrected chi connectivity index (χ1v) is 4.64. The van der Waals surface area contributed by atoms with Gasteiger partial charge in [0, 0.05) is 12.3 Å². The number of nitrogens with one attached hydrogen (secondary N) is 2. The fraction of sp³-hybridized carbons (Fsp3) is 0. The van der Waals surface area contributed by atoms with E-state index in [1.807, 2.05) is 0 Å². The molecule has 18 heavy (non-hydrogen) atoms. The zero-order valence-corrected chi connectivity index (χ0v) is 8.60. The Labute approximate surface area is 97.6 Å². The quantitative estimate of drug-likeness (QED) is 0.641. The lowest BCUT2D eigenvalue weighted by Gasteiger charge is -2.07. The SMILES string of the molecule is O=C(Nc1c(F)c(F)cc(F)c1F)c1cn[nH]c1. The second-order valence-corrected chi connectivity index (χ2v) is 3.28. The molecule has 2 aromatic rings. The molecule has 1 aromatic heterocycles. The topological polar surface area (TPSA) is 57.8 Å². The Balaban J connectivity index is 2.38. The molecule has 0 radical (unpaired) electrons. The number of amides is 1. The summed E-state index contributed by atoms with van der Waals surface area (Å²) in [6.07, 6.45) is 2.24. The van der Waals surface area contributed by atoms with Crippen LogP contribution in [0.3, 0.4) is 0 Å². The molecular formula is C10H5F4N3O. The van der Waals surface area contributed by atoms with Crippen molar-refractivity contribution in [3.63, 3.8) is 0 Å². The molecule has 1 amide bonds. The van der Waals surface area contributed by atoms with E-state index < -0.39 is 34.9 Å². The van der Waals surface area contributed by atoms with E-state index in [-0.39, 0.29) is 11.6 Å². The number of carbonyl (C=O) groups is 1. The molecule has 0 aliphatic heterocycles. The van der Waals surface area contributed by atoms with Crippen LogP contribution in [0.1, 0.15) is 10.4 Å². The molecule has 0 unspecified atom stereocenters. The summed E-state index contributed by atoms with van der Waals surface area (Å²) < 4.78 is 52.2. The van der Waals surface area contributed by atoms with Crippen molar-refractivity contribution in [1.82, 2.24) is 10.2 Å². The van der Waals surface area contributed by atoms with Gasteiger partial charge in [0.25, 0.3) is 5.91 Å². The first-order chi connectivity index (χ1) is 8.50. The highest BCUT2D eigenvalue weighted by Gasteiger charge is 2.21. The number of aromatic nitrogens is 2. The van der Waals surface area contributed by atoms with Gasteiger partial charge < -0.3 is 5.32 Å². The van der Waals surface area contributed by atoms with Crippen molar-refractivity contribution in [3.05, 3.63) is 47.3 Å². The normalized spacial score (nSPS) is 10.4. The van der Waals surface area contributed by atoms with Gasteiger partial charge in [-0.2, -0.15) is 5.10 Å². The number of hydrogen-bond donors (Lipinski definition) is 2. The van der Waals surface area contributed by atoms with Gasteiger partial charge in [-0.05, 0) is 0 Å². The molecule has 8 heteroatoms. The van der Waals surface area contributed by atoms with E-state index in [4.69, 9.17) is 0 Å². The van der Waals surface area contributed by atoms with Gasteiger partial charge in [-0.25, -0.2) is 17.6 Å². The summed E-state index contributed by atoms with van der Waals surface area (Å²) in [4.78, 5) is 11.5. The van der Waals surface area contributed by atoms with E-state index in [0.717, 1.165) is 12.4 Å². The van der Waals surface area contributed by atoms with Crippen molar-refractivity contribution >= 4 is 11.6 Å². The van der Waals surface area contributed by atoms with Crippen molar-refractivity contribution in [1.29, 1.82) is 0 Å². The number of aromatic amines is 1. The fourth-order valence-electron chi connectivity index (χ4n) is 1.24. The molecular weight excluding hydrogens is 254 g/mol. The van der Waals surface area contributed by atoms with Crippen LogP contribution in [-0.4, -0.2) is 16.1 Å². The lowest BCUT2D eigenvalue weighted by molar-refractivity contribution is 0.102. The molecule has 0 spiro atoms. The summed E-state index contributed by atoms with van der Waals surface area (Å²) in [5, 5.41) is 7.48. The molecule has 0 atom stereocenters. The molecule has 0 saturated carbocycles. The first kappa shape index (κ1) is 12.1. The average molecular weight is 259 g/mol. The monoisotopic (exact) mass is 259 g/mol. The summed E-state index contributed by atoms with van der Waals surface area (Å²) in [7, 11) is 0. The van der Waals surface area contributed by atoms with E-state index in [2.05, 4.69) is 10.2 Å². The number of nitrogens with zero attached hydrogens (tertiary/aromatic N) is 1. The molecule has 2 rings (SSSR count). The molecule has 0 fully saturated rings. The van der Waals surface area contributed by atoms with Gasteiger partial charge in [0.1, 0.15) is 5.69 Å². The van der Waals surface area contributed by atoms with Crippen LogP contribution in [-0.2, 0) is 0 Å². The minimum absolute atomic E-state index is 0.0431. The lowest BCUT2D eigenvalue weighted by Crippen LogP contribution is -2.15. The summed E-state index contributed by atoms with van der Waals surface area (Å²) in [5.41, 5.74) is -1.22. The maximum atomic E-state index is 13.2. The van der Waals surface area contributed by atoms with Crippen LogP contribution in [0.25, 0.3) is 0 Å². The highest BCUT2D eigenvalue weighted by Crippen LogP contribution is 2.24. The van der Waals surface area contributed by atoms with Crippen molar-refractivity contribution < 1.29 is 22.4 Å². The largest absolute Gasteiger partial charge is 0.317 e. The molecule has 2 N–H and O–H groups in total. The predicted octanol–water partition coefficient (Wildman–Crippen LogP) is 2.22. The third kappa shape index (κ3) is 2.04. The van der Waals surface area contributed by atoms with Gasteiger partial charge in [-0.3, -0.25) is 9.89 Å². The molecule has 94 valence electrons. The third-order valence-electron chi connectivity index (χ3n) is 2.11. The molecule has 0 aliphatic rings. The van der Waals surface area contributed by atoms with Crippen LogP contribution in [0.2, 0.25) is 0 Å². The predicted molar refractivity (Wildman–Crippen MR) is 52.8 cm³/mol. The van der Waals surface area contributed by atoms with Crippen LogP contribution in [0.4, 0.5) is 23.2 Å². The number of hydrogen-bond acceptors (Lipinski definition) is 2. The minimum atomic E-state index is -1.68. The van der Waals surface area contributed by atoms with E-state index in [1.54, 1.807) is 5.32 Å². The first-order valence-electron chi connectivity index (χ1n) is 4.64. The number of carbonyl (C=O) groups excluding carboxylic acids is 1. The van der Waals surface area contributed by atoms with Crippen LogP contribution in [0, 0.1) is 23.3 Å². The molecule has 4 nitrogen and oxygen atoms in total. The zero-order chi connectivity index (χ0) is 13.3. The van der Waals surface area contributed by atoms with Crippen molar-refractivity contribution in [2.45, 2.75) is 0 Å². The Bertz CT molecular complexity index is 571. The maximum absolute atomic E-state index is 13.2. The van der Waals surface area contributed by atoms with Crippen molar-refractivity contribution in [2.75, 3.05) is 5.32 Å². The number of anilines is 1. The summed E-state index contributed by atoms with van der Waals surface area (Å²) in [6.45, 7) is 0. The van der Waals surface area contributed by atoms with Crippen LogP contribution in [0.5, 0.6) is 0 Å². The molecule has 0 saturated heterocycles. The second-order valence-electron chi connectivity index (χ2n) is 3.28. The smallest absolute Gasteiger partial charge is 0.258 e. The molecule has 1 aromatic carbocycles. The highest BCUT2D eigenvalue weighted by molar-refractivity contribution is 6.04. The van der Waals surface area contributed by atoms with Crippen molar-refractivity contribution in [2.24, 2.45) is 0 Å². The summed E-state index contributed by atoms with van der Waals surface area (Å²) in [6, 6.07) is 0.0537. The molecule has 0 bridgehead atoms. The van der Waals surface area contributed by atoms with Gasteiger partial charge in [-0.1, -0.05) is 0 Å². The Kier molecular flexibility index (Phi) is 3.00. The number of halogens is 4. The Morgan fingerprint density at radius 2 is 1.78 bits per heavy atom. The fourth-order valence-corrected chi connectivity index (χ4v) is 1.24. The molecule has 0 aliphatic carbocycles. The summed E-state index contributed by atoms with van der Waals surface area (Å²) >= 11 is 0. The van der Waals surface area contributed by atoms with E-state index in [0.29, 0.717) is 0 Å². The van der Waals surface area contributed by atoms with Crippen molar-refractivity contribution in [3.8, 4) is 0 Å². The van der Waals surface area contributed by atoms with E-state index in [1.165, 1.54) is 0 Å². The van der Waals surface area contributed by atoms with Gasteiger partial charge in [0.2, 0.25) is 0 Å². The third-order valence-corrected chi connectivity index (χ3v) is 2.11. The molecule has 1 heterocycles. The van der Waals surface area contributed by atoms with Gasteiger partial charge >= 0.3 is 0 Å². The maximum Gasteiger partial charge on any atom is 0.258 e. The Morgan fingerprint density at radius 3 is 2.28 bits per heavy atom. The zero-order valence-electron chi connectivity index (χ0n) is 8.60. The highest BCUT2D eigenvalue weighted by atomic mass is 19.2. The van der Waals surface area contributed by atoms with Crippen LogP contribution < -0.4 is 5.32 Å². The van der Waals surface area contributed by atoms with E-state index in [9.17, 15) is 22.4 Å². The lowest BCUT2D eigenvalue weighted by atomic mass is 10.2. The van der Waals surface area contributed by atoms with Gasteiger partial charge in [0.15, 0.2) is 23.3 Å². The van der Waals surface area contributed by atoms with Crippen LogP contribution >= 0.6 is 0 Å². The number of H-pyrrole nitrogens is 1. The summed E-state index contributed by atoms with van der Waals surface area (Å²) in [5.74, 6) is -7.50. The second kappa shape index (κ2) is 4.47. The van der Waals surface area contributed by atoms with Crippen LogP contribution in [0.15, 0.2) is 18.5 Å². The number of rotatable bonds is 2.